The van der Waals surface area contributed by atoms with Gasteiger partial charge in [0.1, 0.15) is 0 Å². The van der Waals surface area contributed by atoms with Gasteiger partial charge in [0.25, 0.3) is 0 Å². The molecule has 0 amide bonds. The summed E-state index contributed by atoms with van der Waals surface area (Å²) >= 11 is 4.42. The second-order valence-corrected chi connectivity index (χ2v) is 4.43. The summed E-state index contributed by atoms with van der Waals surface area (Å²) in [5.74, 6) is 0.713. The van der Waals surface area contributed by atoms with Crippen molar-refractivity contribution < 1.29 is 0 Å². The summed E-state index contributed by atoms with van der Waals surface area (Å²) in [7, 11) is 0. The summed E-state index contributed by atoms with van der Waals surface area (Å²) in [6.07, 6.45) is 0. The van der Waals surface area contributed by atoms with Crippen LogP contribution in [0, 0.1) is 11.3 Å². The van der Waals surface area contributed by atoms with Gasteiger partial charge in [0.05, 0.1) is 0 Å². The Bertz CT molecular complexity index is 72.6. The van der Waals surface area contributed by atoms with Crippen molar-refractivity contribution >= 4 is 12.6 Å². The fourth-order valence-corrected chi connectivity index (χ4v) is 0.781. The van der Waals surface area contributed by atoms with Crippen LogP contribution < -0.4 is 0 Å². The molecule has 1 unspecified atom stereocenters. The van der Waals surface area contributed by atoms with Crippen LogP contribution in [-0.2, 0) is 0 Å². The highest BCUT2D eigenvalue weighted by molar-refractivity contribution is 7.81. The van der Waals surface area contributed by atoms with Gasteiger partial charge in [-0.05, 0) is 11.3 Å². The van der Waals surface area contributed by atoms with Gasteiger partial charge in [0.15, 0.2) is 0 Å². The van der Waals surface area contributed by atoms with E-state index in [9.17, 15) is 0 Å². The SMILES string of the molecule is CC(C)C(C)(C)C(C)S. The van der Waals surface area contributed by atoms with Gasteiger partial charge in [-0.3, -0.25) is 0 Å². The lowest BCUT2D eigenvalue weighted by atomic mass is 9.79. The van der Waals surface area contributed by atoms with E-state index in [1.807, 2.05) is 0 Å². The number of thiol groups is 1. The predicted octanol–water partition coefficient (Wildman–Crippen LogP) is 2.99. The molecule has 0 aliphatic heterocycles. The third kappa shape index (κ3) is 2.21. The molecule has 0 heterocycles. The Morgan fingerprint density at radius 2 is 1.44 bits per heavy atom. The predicted molar refractivity (Wildman–Crippen MR) is 47.1 cm³/mol. The third-order valence-corrected chi connectivity index (χ3v) is 3.23. The maximum Gasteiger partial charge on any atom is 0.00421 e. The molecule has 0 aromatic rings. The first-order chi connectivity index (χ1) is 3.89. The first kappa shape index (κ1) is 9.35. The van der Waals surface area contributed by atoms with Gasteiger partial charge < -0.3 is 0 Å². The molecule has 0 aliphatic carbocycles. The van der Waals surface area contributed by atoms with Gasteiger partial charge in [-0.15, -0.1) is 0 Å². The Kier molecular flexibility index (Phi) is 3.07. The van der Waals surface area contributed by atoms with E-state index in [2.05, 4.69) is 47.2 Å². The Balaban J connectivity index is 4.01. The van der Waals surface area contributed by atoms with E-state index in [1.165, 1.54) is 0 Å². The summed E-state index contributed by atoms with van der Waals surface area (Å²) in [5, 5.41) is 0.484. The van der Waals surface area contributed by atoms with E-state index < -0.39 is 0 Å². The van der Waals surface area contributed by atoms with Gasteiger partial charge in [-0.25, -0.2) is 0 Å². The highest BCUT2D eigenvalue weighted by Gasteiger charge is 2.26. The minimum atomic E-state index is 0.364. The molecule has 0 fully saturated rings. The maximum absolute atomic E-state index is 4.42. The normalized spacial score (nSPS) is 16.3. The standard InChI is InChI=1S/C8H18S/c1-6(2)8(4,5)7(3)9/h6-7,9H,1-5H3. The molecule has 0 nitrogen and oxygen atoms in total. The average Bonchev–Trinajstić information content (AvgIpc) is 1.65. The molecule has 0 saturated carbocycles. The summed E-state index contributed by atoms with van der Waals surface area (Å²) < 4.78 is 0. The van der Waals surface area contributed by atoms with Crippen LogP contribution in [0.3, 0.4) is 0 Å². The van der Waals surface area contributed by atoms with Gasteiger partial charge >= 0.3 is 0 Å². The van der Waals surface area contributed by atoms with Crippen molar-refractivity contribution in [1.29, 1.82) is 0 Å². The van der Waals surface area contributed by atoms with E-state index in [-0.39, 0.29) is 0 Å². The fourth-order valence-electron chi connectivity index (χ4n) is 0.482. The zero-order chi connectivity index (χ0) is 7.65. The van der Waals surface area contributed by atoms with Crippen LogP contribution in [0.25, 0.3) is 0 Å². The molecule has 0 radical (unpaired) electrons. The molecular formula is C8H18S. The van der Waals surface area contributed by atoms with Crippen molar-refractivity contribution in [2.75, 3.05) is 0 Å². The lowest BCUT2D eigenvalue weighted by Crippen LogP contribution is -2.27. The molecule has 9 heavy (non-hydrogen) atoms. The van der Waals surface area contributed by atoms with Crippen molar-refractivity contribution in [2.45, 2.75) is 39.9 Å². The second kappa shape index (κ2) is 2.96. The largest absolute Gasteiger partial charge is 0.176 e. The molecular weight excluding hydrogens is 128 g/mol. The van der Waals surface area contributed by atoms with E-state index >= 15 is 0 Å². The molecule has 1 atom stereocenters. The third-order valence-electron chi connectivity index (χ3n) is 2.56. The minimum Gasteiger partial charge on any atom is -0.176 e. The summed E-state index contributed by atoms with van der Waals surface area (Å²) in [6, 6.07) is 0. The van der Waals surface area contributed by atoms with Crippen LogP contribution in [0.15, 0.2) is 0 Å². The highest BCUT2D eigenvalue weighted by Crippen LogP contribution is 2.32. The first-order valence-corrected chi connectivity index (χ1v) is 4.08. The van der Waals surface area contributed by atoms with Gasteiger partial charge in [-0.1, -0.05) is 34.6 Å². The number of hydrogen-bond acceptors (Lipinski definition) is 1. The number of rotatable bonds is 2. The van der Waals surface area contributed by atoms with Crippen molar-refractivity contribution in [1.82, 2.24) is 0 Å². The minimum absolute atomic E-state index is 0.364. The van der Waals surface area contributed by atoms with E-state index in [4.69, 9.17) is 0 Å². The lowest BCUT2D eigenvalue weighted by Gasteiger charge is -2.32. The Morgan fingerprint density at radius 3 is 1.44 bits per heavy atom. The topological polar surface area (TPSA) is 0 Å². The van der Waals surface area contributed by atoms with Gasteiger partial charge in [-0.2, -0.15) is 12.6 Å². The van der Waals surface area contributed by atoms with E-state index in [1.54, 1.807) is 0 Å². The summed E-state index contributed by atoms with van der Waals surface area (Å²) in [6.45, 7) is 11.2. The fraction of sp³-hybridized carbons (Fsp3) is 1.00. The van der Waals surface area contributed by atoms with Crippen molar-refractivity contribution in [2.24, 2.45) is 11.3 Å². The Hall–Kier alpha value is 0.350. The Morgan fingerprint density at radius 1 is 1.11 bits per heavy atom. The molecule has 0 saturated heterocycles. The quantitative estimate of drug-likeness (QED) is 0.569. The van der Waals surface area contributed by atoms with Crippen molar-refractivity contribution in [3.05, 3.63) is 0 Å². The summed E-state index contributed by atoms with van der Waals surface area (Å²) in [4.78, 5) is 0. The summed E-state index contributed by atoms with van der Waals surface area (Å²) in [5.41, 5.74) is 0.364. The first-order valence-electron chi connectivity index (χ1n) is 3.57. The van der Waals surface area contributed by atoms with Gasteiger partial charge in [0, 0.05) is 5.25 Å². The number of hydrogen-bond donors (Lipinski definition) is 1. The monoisotopic (exact) mass is 146 g/mol. The Labute approximate surface area is 64.4 Å². The molecule has 0 N–H and O–H groups in total. The maximum atomic E-state index is 4.42. The zero-order valence-corrected chi connectivity index (χ0v) is 8.00. The highest BCUT2D eigenvalue weighted by atomic mass is 32.1. The van der Waals surface area contributed by atoms with Crippen LogP contribution >= 0.6 is 12.6 Å². The van der Waals surface area contributed by atoms with Crippen LogP contribution in [0.4, 0.5) is 0 Å². The van der Waals surface area contributed by atoms with Crippen molar-refractivity contribution in [3.63, 3.8) is 0 Å². The molecule has 0 bridgehead atoms. The molecule has 1 heteroatoms. The van der Waals surface area contributed by atoms with Crippen LogP contribution in [-0.4, -0.2) is 5.25 Å². The van der Waals surface area contributed by atoms with Gasteiger partial charge in [0.2, 0.25) is 0 Å². The smallest absolute Gasteiger partial charge is 0.00421 e. The zero-order valence-electron chi connectivity index (χ0n) is 7.10. The average molecular weight is 146 g/mol. The van der Waals surface area contributed by atoms with Crippen LogP contribution in [0.1, 0.15) is 34.6 Å². The molecule has 0 spiro atoms. The molecule has 0 aliphatic rings. The van der Waals surface area contributed by atoms with Crippen LogP contribution in [0.2, 0.25) is 0 Å². The lowest BCUT2D eigenvalue weighted by molar-refractivity contribution is 0.250. The van der Waals surface area contributed by atoms with Crippen molar-refractivity contribution in [3.8, 4) is 0 Å². The van der Waals surface area contributed by atoms with Crippen LogP contribution in [0.5, 0.6) is 0 Å². The second-order valence-electron chi connectivity index (χ2n) is 3.65. The van der Waals surface area contributed by atoms with E-state index in [0.717, 1.165) is 0 Å². The molecule has 0 aromatic carbocycles. The molecule has 0 rings (SSSR count). The van der Waals surface area contributed by atoms with E-state index in [0.29, 0.717) is 16.6 Å². The molecule has 56 valence electrons. The molecule has 0 aromatic heterocycles.